The quantitative estimate of drug-likeness (QED) is 0.699. The van der Waals surface area contributed by atoms with Crippen molar-refractivity contribution in [3.05, 3.63) is 0 Å². The van der Waals surface area contributed by atoms with Crippen LogP contribution in [-0.2, 0) is 0 Å². The molecule has 0 aliphatic carbocycles. The highest BCUT2D eigenvalue weighted by Gasteiger charge is 2.28. The summed E-state index contributed by atoms with van der Waals surface area (Å²) < 4.78 is 0. The molecule has 1 aliphatic heterocycles. The number of nitrogens with one attached hydrogen (secondary N) is 1. The molecule has 18 heavy (non-hydrogen) atoms. The first-order valence-electron chi connectivity index (χ1n) is 7.97. The van der Waals surface area contributed by atoms with Crippen LogP contribution in [0, 0.1) is 11.3 Å². The fourth-order valence-corrected chi connectivity index (χ4v) is 2.96. The summed E-state index contributed by atoms with van der Waals surface area (Å²) in [4.78, 5) is 2.68. The van der Waals surface area contributed by atoms with Crippen molar-refractivity contribution in [1.29, 1.82) is 0 Å². The lowest BCUT2D eigenvalue weighted by Crippen LogP contribution is -2.38. The molecule has 1 rings (SSSR count). The Morgan fingerprint density at radius 1 is 1.06 bits per heavy atom. The molecule has 1 N–H and O–H groups in total. The lowest BCUT2D eigenvalue weighted by atomic mass is 9.75. The van der Waals surface area contributed by atoms with Gasteiger partial charge in [-0.3, -0.25) is 0 Å². The van der Waals surface area contributed by atoms with E-state index in [0.717, 1.165) is 12.5 Å². The van der Waals surface area contributed by atoms with E-state index in [1.165, 1.54) is 58.3 Å². The maximum absolute atomic E-state index is 3.40. The average molecular weight is 254 g/mol. The van der Waals surface area contributed by atoms with Crippen LogP contribution in [0.4, 0.5) is 0 Å². The van der Waals surface area contributed by atoms with E-state index in [1.807, 2.05) is 0 Å². The van der Waals surface area contributed by atoms with Crippen LogP contribution >= 0.6 is 0 Å². The van der Waals surface area contributed by atoms with Crippen LogP contribution in [0.1, 0.15) is 59.8 Å². The molecule has 0 bridgehead atoms. The van der Waals surface area contributed by atoms with E-state index in [1.54, 1.807) is 0 Å². The molecule has 1 fully saturated rings. The Morgan fingerprint density at radius 3 is 2.28 bits per heavy atom. The van der Waals surface area contributed by atoms with Crippen LogP contribution < -0.4 is 5.32 Å². The van der Waals surface area contributed by atoms with Crippen LogP contribution in [0.25, 0.3) is 0 Å². The fraction of sp³-hybridized carbons (Fsp3) is 1.00. The molecule has 1 heterocycles. The molecule has 2 nitrogen and oxygen atoms in total. The second-order valence-corrected chi connectivity index (χ2v) is 6.90. The second-order valence-electron chi connectivity index (χ2n) is 6.90. The third kappa shape index (κ3) is 6.19. The van der Waals surface area contributed by atoms with Crippen molar-refractivity contribution in [1.82, 2.24) is 10.2 Å². The van der Waals surface area contributed by atoms with E-state index in [0.29, 0.717) is 5.41 Å². The zero-order valence-corrected chi connectivity index (χ0v) is 13.1. The summed E-state index contributed by atoms with van der Waals surface area (Å²) in [6, 6.07) is 0. The van der Waals surface area contributed by atoms with Gasteiger partial charge >= 0.3 is 0 Å². The van der Waals surface area contributed by atoms with E-state index in [2.05, 4.69) is 37.9 Å². The maximum atomic E-state index is 3.40. The van der Waals surface area contributed by atoms with Gasteiger partial charge in [-0.15, -0.1) is 0 Å². The fourth-order valence-electron chi connectivity index (χ4n) is 2.96. The smallest absolute Gasteiger partial charge is 0.00159 e. The zero-order chi connectivity index (χ0) is 13.4. The van der Waals surface area contributed by atoms with Gasteiger partial charge in [-0.1, -0.05) is 34.1 Å². The van der Waals surface area contributed by atoms with Crippen molar-refractivity contribution in [3.8, 4) is 0 Å². The van der Waals surface area contributed by atoms with Crippen molar-refractivity contribution in [2.45, 2.75) is 59.8 Å². The molecular formula is C16H34N2. The molecule has 1 aliphatic rings. The number of hydrogen-bond donors (Lipinski definition) is 1. The van der Waals surface area contributed by atoms with E-state index < -0.39 is 0 Å². The molecule has 0 amide bonds. The van der Waals surface area contributed by atoms with Gasteiger partial charge in [0.15, 0.2) is 0 Å². The molecular weight excluding hydrogens is 220 g/mol. The lowest BCUT2D eigenvalue weighted by Gasteiger charge is -2.38. The molecule has 0 aromatic carbocycles. The van der Waals surface area contributed by atoms with Gasteiger partial charge in [-0.25, -0.2) is 0 Å². The Labute approximate surface area is 115 Å². The molecule has 0 atom stereocenters. The standard InChI is InChI=1S/C16H34N2/c1-5-17-11-7-6-8-12-18-13-9-15(10-14-18)16(2,3)4/h15,17H,5-14H2,1-4H3. The van der Waals surface area contributed by atoms with Crippen molar-refractivity contribution >= 4 is 0 Å². The minimum Gasteiger partial charge on any atom is -0.317 e. The number of rotatable bonds is 7. The van der Waals surface area contributed by atoms with Crippen molar-refractivity contribution in [2.24, 2.45) is 11.3 Å². The van der Waals surface area contributed by atoms with Crippen LogP contribution in [0.15, 0.2) is 0 Å². The summed E-state index contributed by atoms with van der Waals surface area (Å²) in [6.45, 7) is 15.7. The van der Waals surface area contributed by atoms with Crippen molar-refractivity contribution in [3.63, 3.8) is 0 Å². The minimum atomic E-state index is 0.512. The predicted molar refractivity (Wildman–Crippen MR) is 81.0 cm³/mol. The van der Waals surface area contributed by atoms with Gasteiger partial charge in [0, 0.05) is 0 Å². The van der Waals surface area contributed by atoms with Gasteiger partial charge < -0.3 is 10.2 Å². The summed E-state index contributed by atoms with van der Waals surface area (Å²) in [5, 5.41) is 3.40. The predicted octanol–water partition coefficient (Wildman–Crippen LogP) is 3.52. The molecule has 0 aromatic rings. The Balaban J connectivity index is 2.02. The molecule has 108 valence electrons. The van der Waals surface area contributed by atoms with Gasteiger partial charge in [0.2, 0.25) is 0 Å². The van der Waals surface area contributed by atoms with Crippen LogP contribution in [0.5, 0.6) is 0 Å². The molecule has 0 saturated carbocycles. The summed E-state index contributed by atoms with van der Waals surface area (Å²) in [7, 11) is 0. The normalized spacial score (nSPS) is 19.3. The largest absolute Gasteiger partial charge is 0.317 e. The molecule has 0 aromatic heterocycles. The molecule has 0 spiro atoms. The van der Waals surface area contributed by atoms with Crippen LogP contribution in [-0.4, -0.2) is 37.6 Å². The Hall–Kier alpha value is -0.0800. The van der Waals surface area contributed by atoms with Gasteiger partial charge in [-0.05, 0) is 69.7 Å². The first-order chi connectivity index (χ1) is 8.54. The topological polar surface area (TPSA) is 15.3 Å². The highest BCUT2D eigenvalue weighted by Crippen LogP contribution is 2.34. The minimum absolute atomic E-state index is 0.512. The SMILES string of the molecule is CCNCCCCCN1CCC(C(C)(C)C)CC1. The van der Waals surface area contributed by atoms with Gasteiger partial charge in [0.25, 0.3) is 0 Å². The highest BCUT2D eigenvalue weighted by atomic mass is 15.1. The van der Waals surface area contributed by atoms with Crippen molar-refractivity contribution in [2.75, 3.05) is 32.7 Å². The van der Waals surface area contributed by atoms with E-state index in [9.17, 15) is 0 Å². The molecule has 0 unspecified atom stereocenters. The summed E-state index contributed by atoms with van der Waals surface area (Å²) in [6.07, 6.45) is 6.91. The number of unbranched alkanes of at least 4 members (excludes halogenated alkanes) is 2. The summed E-state index contributed by atoms with van der Waals surface area (Å²) >= 11 is 0. The molecule has 1 saturated heterocycles. The second kappa shape index (κ2) is 8.16. The Morgan fingerprint density at radius 2 is 1.72 bits per heavy atom. The average Bonchev–Trinajstić information content (AvgIpc) is 2.33. The summed E-state index contributed by atoms with van der Waals surface area (Å²) in [5.74, 6) is 0.933. The van der Waals surface area contributed by atoms with Crippen LogP contribution in [0.2, 0.25) is 0 Å². The number of hydrogen-bond acceptors (Lipinski definition) is 2. The lowest BCUT2D eigenvalue weighted by molar-refractivity contribution is 0.111. The monoisotopic (exact) mass is 254 g/mol. The first kappa shape index (κ1) is 16.0. The Bertz CT molecular complexity index is 200. The van der Waals surface area contributed by atoms with E-state index in [4.69, 9.17) is 0 Å². The highest BCUT2D eigenvalue weighted by molar-refractivity contribution is 4.80. The molecule has 2 heteroatoms. The number of piperidine rings is 1. The third-order valence-electron chi connectivity index (χ3n) is 4.39. The zero-order valence-electron chi connectivity index (χ0n) is 13.1. The van der Waals surface area contributed by atoms with Crippen molar-refractivity contribution < 1.29 is 0 Å². The Kier molecular flexibility index (Phi) is 7.25. The summed E-state index contributed by atoms with van der Waals surface area (Å²) in [5.41, 5.74) is 0.512. The van der Waals surface area contributed by atoms with Crippen LogP contribution in [0.3, 0.4) is 0 Å². The molecule has 0 radical (unpaired) electrons. The van der Waals surface area contributed by atoms with E-state index in [-0.39, 0.29) is 0 Å². The van der Waals surface area contributed by atoms with Gasteiger partial charge in [0.05, 0.1) is 0 Å². The number of nitrogens with zero attached hydrogens (tertiary/aromatic N) is 1. The first-order valence-corrected chi connectivity index (χ1v) is 7.97. The third-order valence-corrected chi connectivity index (χ3v) is 4.39. The van der Waals surface area contributed by atoms with E-state index >= 15 is 0 Å². The maximum Gasteiger partial charge on any atom is -0.00159 e. The van der Waals surface area contributed by atoms with Gasteiger partial charge in [-0.2, -0.15) is 0 Å². The van der Waals surface area contributed by atoms with Gasteiger partial charge in [0.1, 0.15) is 0 Å². The number of likely N-dealkylation sites (tertiary alicyclic amines) is 1.